The smallest absolute Gasteiger partial charge is 0.205 e. The standard InChI is InChI=1S/C2H3N.Fe/c1-3-2;/h1H3;. The Morgan fingerprint density at radius 2 is 1.75 bits per heavy atom. The van der Waals surface area contributed by atoms with Crippen molar-refractivity contribution in [2.45, 2.75) is 0 Å². The molecule has 0 heterocycles. The van der Waals surface area contributed by atoms with Crippen LogP contribution in [-0.2, 0) is 17.1 Å². The van der Waals surface area contributed by atoms with E-state index in [4.69, 9.17) is 6.57 Å². The predicted molar refractivity (Wildman–Crippen MR) is 12.5 cm³/mol. The van der Waals surface area contributed by atoms with E-state index < -0.39 is 0 Å². The van der Waals surface area contributed by atoms with E-state index in [0.29, 0.717) is 0 Å². The van der Waals surface area contributed by atoms with Gasteiger partial charge in [-0.3, -0.25) is 0 Å². The first kappa shape index (κ1) is 8.99. The molecule has 0 aliphatic carbocycles. The Labute approximate surface area is 36.3 Å². The maximum absolute atomic E-state index is 5.83. The Morgan fingerprint density at radius 3 is 1.75 bits per heavy atom. The van der Waals surface area contributed by atoms with E-state index in [1.54, 1.807) is 0 Å². The van der Waals surface area contributed by atoms with Crippen LogP contribution in [0, 0.1) is 6.57 Å². The van der Waals surface area contributed by atoms with Gasteiger partial charge in [0.05, 0.1) is 0 Å². The monoisotopic (exact) mass is 97.0 g/mol. The van der Waals surface area contributed by atoms with Crippen LogP contribution in [0.15, 0.2) is 0 Å². The molecule has 0 fully saturated rings. The maximum Gasteiger partial charge on any atom is 0.205 e. The maximum atomic E-state index is 5.83. The average molecular weight is 96.9 g/mol. The molecule has 0 aliphatic heterocycles. The Balaban J connectivity index is 0. The van der Waals surface area contributed by atoms with Crippen LogP contribution in [0.2, 0.25) is 0 Å². The molecule has 0 saturated heterocycles. The van der Waals surface area contributed by atoms with Crippen molar-refractivity contribution in [1.29, 1.82) is 0 Å². The van der Waals surface area contributed by atoms with Crippen LogP contribution in [0.3, 0.4) is 0 Å². The summed E-state index contributed by atoms with van der Waals surface area (Å²) in [6.45, 7) is 5.83. The van der Waals surface area contributed by atoms with Crippen molar-refractivity contribution < 1.29 is 17.1 Å². The normalized spacial score (nSPS) is 2.00. The summed E-state index contributed by atoms with van der Waals surface area (Å²) < 4.78 is 0. The van der Waals surface area contributed by atoms with Gasteiger partial charge < -0.3 is 4.85 Å². The van der Waals surface area contributed by atoms with Crippen molar-refractivity contribution in [3.8, 4) is 0 Å². The Hall–Kier alpha value is 0.00948. The molecule has 0 bridgehead atoms. The summed E-state index contributed by atoms with van der Waals surface area (Å²) in [6, 6.07) is 0. The minimum absolute atomic E-state index is 0. The molecule has 0 amide bonds. The van der Waals surface area contributed by atoms with Crippen LogP contribution in [0.1, 0.15) is 0 Å². The average Bonchev–Trinajstić information content (AvgIpc) is 0.918. The molecule has 0 aliphatic rings. The van der Waals surface area contributed by atoms with Gasteiger partial charge in [-0.05, 0) is 0 Å². The fourth-order valence-electron chi connectivity index (χ4n) is 0. The summed E-state index contributed by atoms with van der Waals surface area (Å²) in [6.07, 6.45) is 0. The van der Waals surface area contributed by atoms with Gasteiger partial charge in [0.1, 0.15) is 0 Å². The molecule has 0 spiro atoms. The third-order valence-corrected chi connectivity index (χ3v) is 0. The van der Waals surface area contributed by atoms with Gasteiger partial charge in [-0.25, -0.2) is 6.57 Å². The third-order valence-electron chi connectivity index (χ3n) is 0. The van der Waals surface area contributed by atoms with Crippen LogP contribution in [0.5, 0.6) is 0 Å². The molecule has 0 aromatic rings. The zero-order valence-electron chi connectivity index (χ0n) is 2.30. The third kappa shape index (κ3) is 22800. The zero-order valence-corrected chi connectivity index (χ0v) is 3.40. The molecule has 24 valence electrons. The fourth-order valence-corrected chi connectivity index (χ4v) is 0. The van der Waals surface area contributed by atoms with Gasteiger partial charge in [0.2, 0.25) is 7.05 Å². The molecule has 0 aromatic heterocycles. The van der Waals surface area contributed by atoms with Gasteiger partial charge in [0.25, 0.3) is 0 Å². The van der Waals surface area contributed by atoms with Crippen molar-refractivity contribution in [2.75, 3.05) is 7.05 Å². The molecule has 0 atom stereocenters. The quantitative estimate of drug-likeness (QED) is 0.306. The van der Waals surface area contributed by atoms with Crippen LogP contribution in [-0.4, -0.2) is 7.05 Å². The number of nitrogens with zero attached hydrogens (tertiary/aromatic N) is 1. The first-order chi connectivity index (χ1) is 1.41. The topological polar surface area (TPSA) is 4.36 Å². The Morgan fingerprint density at radius 1 is 1.75 bits per heavy atom. The van der Waals surface area contributed by atoms with Gasteiger partial charge in [-0.1, -0.05) is 0 Å². The number of hydrogen-bond donors (Lipinski definition) is 0. The second-order valence-corrected chi connectivity index (χ2v) is 0.224. The molecular formula is C2H3FeN. The van der Waals surface area contributed by atoms with E-state index in [-0.39, 0.29) is 17.1 Å². The SMILES string of the molecule is [C-]#[N+]C.[Fe]. The summed E-state index contributed by atoms with van der Waals surface area (Å²) in [5.74, 6) is 0. The molecule has 4 heavy (non-hydrogen) atoms. The van der Waals surface area contributed by atoms with Crippen LogP contribution < -0.4 is 0 Å². The van der Waals surface area contributed by atoms with Gasteiger partial charge >= 0.3 is 0 Å². The predicted octanol–water partition coefficient (Wildman–Crippen LogP) is 0.533. The molecule has 0 aromatic carbocycles. The van der Waals surface area contributed by atoms with Crippen molar-refractivity contribution in [1.82, 2.24) is 0 Å². The fraction of sp³-hybridized carbons (Fsp3) is 0.500. The van der Waals surface area contributed by atoms with Crippen LogP contribution in [0.4, 0.5) is 0 Å². The van der Waals surface area contributed by atoms with Crippen molar-refractivity contribution in [3.05, 3.63) is 11.4 Å². The Bertz CT molecular complexity index is 27.5. The largest absolute Gasteiger partial charge is 0.320 e. The summed E-state index contributed by atoms with van der Waals surface area (Å²) in [7, 11) is 1.42. The van der Waals surface area contributed by atoms with Crippen molar-refractivity contribution in [2.24, 2.45) is 0 Å². The molecule has 0 rings (SSSR count). The molecule has 0 radical (unpaired) electrons. The Kier molecular flexibility index (Phi) is 26.8. The molecule has 2 heteroatoms. The minimum Gasteiger partial charge on any atom is -0.320 e. The van der Waals surface area contributed by atoms with E-state index in [9.17, 15) is 0 Å². The van der Waals surface area contributed by atoms with Crippen molar-refractivity contribution in [3.63, 3.8) is 0 Å². The summed E-state index contributed by atoms with van der Waals surface area (Å²) >= 11 is 0. The molecule has 1 nitrogen and oxygen atoms in total. The number of rotatable bonds is 0. The number of hydrogen-bond acceptors (Lipinski definition) is 0. The molecule has 0 saturated carbocycles. The van der Waals surface area contributed by atoms with Gasteiger partial charge in [-0.2, -0.15) is 0 Å². The van der Waals surface area contributed by atoms with Crippen LogP contribution in [0.25, 0.3) is 4.85 Å². The van der Waals surface area contributed by atoms with Gasteiger partial charge in [-0.15, -0.1) is 0 Å². The van der Waals surface area contributed by atoms with E-state index >= 15 is 0 Å². The second kappa shape index (κ2) is 11.9. The first-order valence-corrected chi connectivity index (χ1v) is 0.671. The second-order valence-electron chi connectivity index (χ2n) is 0.224. The molecule has 0 N–H and O–H groups in total. The summed E-state index contributed by atoms with van der Waals surface area (Å²) in [5, 5.41) is 0. The molecule has 0 unspecified atom stereocenters. The summed E-state index contributed by atoms with van der Waals surface area (Å²) in [4.78, 5) is 2.75. The van der Waals surface area contributed by atoms with E-state index in [1.807, 2.05) is 0 Å². The van der Waals surface area contributed by atoms with Gasteiger partial charge in [0, 0.05) is 17.1 Å². The van der Waals surface area contributed by atoms with E-state index in [0.717, 1.165) is 0 Å². The van der Waals surface area contributed by atoms with Crippen LogP contribution >= 0.6 is 0 Å². The van der Waals surface area contributed by atoms with E-state index in [2.05, 4.69) is 4.85 Å². The minimum atomic E-state index is 0. The zero-order chi connectivity index (χ0) is 2.71. The van der Waals surface area contributed by atoms with Gasteiger partial charge in [0.15, 0.2) is 0 Å². The summed E-state index contributed by atoms with van der Waals surface area (Å²) in [5.41, 5.74) is 0. The first-order valence-electron chi connectivity index (χ1n) is 0.671. The van der Waals surface area contributed by atoms with Crippen molar-refractivity contribution >= 4 is 0 Å². The van der Waals surface area contributed by atoms with E-state index in [1.165, 1.54) is 7.05 Å². The molecular weight excluding hydrogens is 93.9 g/mol.